The van der Waals surface area contributed by atoms with Crippen molar-refractivity contribution in [1.82, 2.24) is 9.78 Å². The molecule has 5 nitrogen and oxygen atoms in total. The van der Waals surface area contributed by atoms with Gasteiger partial charge in [0.05, 0.1) is 0 Å². The molecule has 0 aromatic carbocycles. The molecule has 1 N–H and O–H groups in total. The molecular weight excluding hydrogens is 172 g/mol. The Labute approximate surface area is 75.0 Å². The molecule has 0 aliphatic rings. The van der Waals surface area contributed by atoms with E-state index in [1.165, 1.54) is 18.7 Å². The Bertz CT molecular complexity index is 379. The number of aryl methyl sites for hydroxylation is 1. The SMILES string of the molecule is CC(=O)c1nn(C)c(C(=O)O)c1C. The number of aromatic carboxylic acids is 1. The summed E-state index contributed by atoms with van der Waals surface area (Å²) in [6, 6.07) is 0. The second-order valence-electron chi connectivity index (χ2n) is 2.81. The van der Waals surface area contributed by atoms with Gasteiger partial charge >= 0.3 is 5.97 Å². The summed E-state index contributed by atoms with van der Waals surface area (Å²) in [5.74, 6) is -1.29. The maximum atomic E-state index is 11.0. The average Bonchev–Trinajstić information content (AvgIpc) is 2.26. The van der Waals surface area contributed by atoms with Crippen molar-refractivity contribution in [2.24, 2.45) is 7.05 Å². The maximum absolute atomic E-state index is 11.0. The van der Waals surface area contributed by atoms with Crippen LogP contribution >= 0.6 is 0 Å². The number of hydrogen-bond donors (Lipinski definition) is 1. The van der Waals surface area contributed by atoms with Gasteiger partial charge in [0, 0.05) is 19.5 Å². The quantitative estimate of drug-likeness (QED) is 0.681. The van der Waals surface area contributed by atoms with E-state index >= 15 is 0 Å². The van der Waals surface area contributed by atoms with E-state index in [0.717, 1.165) is 0 Å². The molecule has 0 aliphatic carbocycles. The number of aromatic nitrogens is 2. The fourth-order valence-corrected chi connectivity index (χ4v) is 1.26. The summed E-state index contributed by atoms with van der Waals surface area (Å²) in [6.07, 6.45) is 0. The fraction of sp³-hybridized carbons (Fsp3) is 0.375. The molecule has 0 unspecified atom stereocenters. The smallest absolute Gasteiger partial charge is 0.354 e. The van der Waals surface area contributed by atoms with E-state index in [9.17, 15) is 9.59 Å². The van der Waals surface area contributed by atoms with E-state index in [4.69, 9.17) is 5.11 Å². The Hall–Kier alpha value is -1.65. The summed E-state index contributed by atoms with van der Waals surface area (Å²) in [4.78, 5) is 21.7. The van der Waals surface area contributed by atoms with Crippen LogP contribution in [0, 0.1) is 6.92 Å². The van der Waals surface area contributed by atoms with Gasteiger partial charge in [-0.2, -0.15) is 5.10 Å². The lowest BCUT2D eigenvalue weighted by Crippen LogP contribution is -2.06. The second-order valence-corrected chi connectivity index (χ2v) is 2.81. The van der Waals surface area contributed by atoms with Gasteiger partial charge in [0.2, 0.25) is 0 Å². The molecule has 1 rings (SSSR count). The van der Waals surface area contributed by atoms with Crippen molar-refractivity contribution in [2.45, 2.75) is 13.8 Å². The molecule has 0 saturated carbocycles. The van der Waals surface area contributed by atoms with Gasteiger partial charge in [-0.1, -0.05) is 0 Å². The molecule has 0 bridgehead atoms. The lowest BCUT2D eigenvalue weighted by atomic mass is 10.1. The summed E-state index contributed by atoms with van der Waals surface area (Å²) in [6.45, 7) is 2.94. The molecule has 1 aromatic rings. The maximum Gasteiger partial charge on any atom is 0.354 e. The summed E-state index contributed by atoms with van der Waals surface area (Å²) < 4.78 is 1.20. The largest absolute Gasteiger partial charge is 0.477 e. The van der Waals surface area contributed by atoms with Gasteiger partial charge in [0.1, 0.15) is 11.4 Å². The molecule has 70 valence electrons. The van der Waals surface area contributed by atoms with Crippen LogP contribution in [-0.4, -0.2) is 26.6 Å². The summed E-state index contributed by atoms with van der Waals surface area (Å²) >= 11 is 0. The van der Waals surface area contributed by atoms with Gasteiger partial charge in [-0.15, -0.1) is 0 Å². The Balaban J connectivity index is 3.39. The number of carbonyl (C=O) groups is 2. The standard InChI is InChI=1S/C8H10N2O3/c1-4-6(5(2)11)9-10(3)7(4)8(12)13/h1-3H3,(H,12,13). The second kappa shape index (κ2) is 3.01. The Morgan fingerprint density at radius 2 is 2.00 bits per heavy atom. The van der Waals surface area contributed by atoms with Crippen LogP contribution < -0.4 is 0 Å². The Morgan fingerprint density at radius 3 is 2.23 bits per heavy atom. The monoisotopic (exact) mass is 182 g/mol. The van der Waals surface area contributed by atoms with Crippen molar-refractivity contribution < 1.29 is 14.7 Å². The zero-order valence-corrected chi connectivity index (χ0v) is 7.66. The first kappa shape index (κ1) is 9.44. The van der Waals surface area contributed by atoms with Crippen molar-refractivity contribution in [1.29, 1.82) is 0 Å². The number of carboxylic acid groups (broad SMARTS) is 1. The predicted molar refractivity (Wildman–Crippen MR) is 44.9 cm³/mol. The number of carbonyl (C=O) groups excluding carboxylic acids is 1. The lowest BCUT2D eigenvalue weighted by Gasteiger charge is -1.94. The number of nitrogens with zero attached hydrogens (tertiary/aromatic N) is 2. The van der Waals surface area contributed by atoms with Crippen LogP contribution in [0.1, 0.15) is 33.5 Å². The highest BCUT2D eigenvalue weighted by Gasteiger charge is 2.19. The van der Waals surface area contributed by atoms with Crippen LogP contribution in [0.5, 0.6) is 0 Å². The average molecular weight is 182 g/mol. The van der Waals surface area contributed by atoms with E-state index in [0.29, 0.717) is 5.56 Å². The normalized spacial score (nSPS) is 10.1. The molecule has 0 aliphatic heterocycles. The van der Waals surface area contributed by atoms with E-state index in [1.807, 2.05) is 0 Å². The molecule has 1 heterocycles. The fourth-order valence-electron chi connectivity index (χ4n) is 1.26. The van der Waals surface area contributed by atoms with Crippen molar-refractivity contribution in [3.05, 3.63) is 17.0 Å². The van der Waals surface area contributed by atoms with E-state index in [1.54, 1.807) is 6.92 Å². The number of hydrogen-bond acceptors (Lipinski definition) is 3. The molecule has 13 heavy (non-hydrogen) atoms. The van der Waals surface area contributed by atoms with Gasteiger partial charge in [0.25, 0.3) is 0 Å². The highest BCUT2D eigenvalue weighted by atomic mass is 16.4. The first-order chi connectivity index (χ1) is 5.95. The molecule has 0 amide bonds. The zero-order valence-electron chi connectivity index (χ0n) is 7.66. The molecule has 0 atom stereocenters. The van der Waals surface area contributed by atoms with Crippen molar-refractivity contribution >= 4 is 11.8 Å². The number of rotatable bonds is 2. The van der Waals surface area contributed by atoms with Crippen LogP contribution in [0.25, 0.3) is 0 Å². The molecule has 0 fully saturated rings. The van der Waals surface area contributed by atoms with E-state index in [2.05, 4.69) is 5.10 Å². The third kappa shape index (κ3) is 1.44. The molecule has 0 saturated heterocycles. The zero-order chi connectivity index (χ0) is 10.2. The number of Topliss-reactive ketones (excluding diaryl/α,β-unsaturated/α-hetero) is 1. The summed E-state index contributed by atoms with van der Waals surface area (Å²) in [7, 11) is 1.50. The van der Waals surface area contributed by atoms with Gasteiger partial charge < -0.3 is 5.11 Å². The topological polar surface area (TPSA) is 72.2 Å². The molecular formula is C8H10N2O3. The highest BCUT2D eigenvalue weighted by Crippen LogP contribution is 2.12. The minimum Gasteiger partial charge on any atom is -0.477 e. The minimum atomic E-state index is -1.07. The molecule has 0 spiro atoms. The van der Waals surface area contributed by atoms with Gasteiger partial charge in [-0.3, -0.25) is 9.48 Å². The summed E-state index contributed by atoms with van der Waals surface area (Å²) in [5.41, 5.74) is 0.701. The van der Waals surface area contributed by atoms with Gasteiger partial charge in [-0.05, 0) is 6.92 Å². The third-order valence-corrected chi connectivity index (χ3v) is 1.82. The first-order valence-corrected chi connectivity index (χ1v) is 3.73. The van der Waals surface area contributed by atoms with Crippen LogP contribution in [0.15, 0.2) is 0 Å². The predicted octanol–water partition coefficient (Wildman–Crippen LogP) is 0.629. The Morgan fingerprint density at radius 1 is 1.46 bits per heavy atom. The first-order valence-electron chi connectivity index (χ1n) is 3.73. The van der Waals surface area contributed by atoms with Crippen LogP contribution in [0.3, 0.4) is 0 Å². The number of carboxylic acids is 1. The van der Waals surface area contributed by atoms with Crippen LogP contribution in [-0.2, 0) is 7.05 Å². The summed E-state index contributed by atoms with van der Waals surface area (Å²) in [5, 5.41) is 12.6. The third-order valence-electron chi connectivity index (χ3n) is 1.82. The minimum absolute atomic E-state index is 0.0604. The number of ketones is 1. The Kier molecular flexibility index (Phi) is 2.18. The molecule has 1 aromatic heterocycles. The van der Waals surface area contributed by atoms with Crippen LogP contribution in [0.4, 0.5) is 0 Å². The lowest BCUT2D eigenvalue weighted by molar-refractivity contribution is 0.0684. The van der Waals surface area contributed by atoms with Gasteiger partial charge in [-0.25, -0.2) is 4.79 Å². The molecule has 5 heteroatoms. The molecule has 0 radical (unpaired) electrons. The van der Waals surface area contributed by atoms with Crippen molar-refractivity contribution in [3.8, 4) is 0 Å². The van der Waals surface area contributed by atoms with E-state index in [-0.39, 0.29) is 17.2 Å². The van der Waals surface area contributed by atoms with Crippen molar-refractivity contribution in [2.75, 3.05) is 0 Å². The van der Waals surface area contributed by atoms with Crippen LogP contribution in [0.2, 0.25) is 0 Å². The van der Waals surface area contributed by atoms with Crippen molar-refractivity contribution in [3.63, 3.8) is 0 Å². The highest BCUT2D eigenvalue weighted by molar-refractivity contribution is 5.97. The van der Waals surface area contributed by atoms with Gasteiger partial charge in [0.15, 0.2) is 5.78 Å². The van der Waals surface area contributed by atoms with E-state index < -0.39 is 5.97 Å².